The molecule has 3 aromatic rings. The van der Waals surface area contributed by atoms with Gasteiger partial charge in [0.2, 0.25) is 0 Å². The highest BCUT2D eigenvalue weighted by atomic mass is 35.5. The maximum absolute atomic E-state index is 12.1. The number of benzene rings is 2. The summed E-state index contributed by atoms with van der Waals surface area (Å²) in [4.78, 5) is 12.1. The zero-order valence-corrected chi connectivity index (χ0v) is 15.0. The molecule has 132 valence electrons. The summed E-state index contributed by atoms with van der Waals surface area (Å²) in [5.74, 6) is 0.0323. The maximum atomic E-state index is 12.1. The van der Waals surface area contributed by atoms with E-state index in [-0.39, 0.29) is 5.57 Å². The number of hydrogen-bond acceptors (Lipinski definition) is 5. The molecular formula is C20H16ClNO4. The quantitative estimate of drug-likeness (QED) is 0.366. The minimum absolute atomic E-state index is 0.285. The molecule has 0 aliphatic rings. The molecule has 0 atom stereocenters. The van der Waals surface area contributed by atoms with Gasteiger partial charge in [-0.15, -0.1) is 0 Å². The maximum Gasteiger partial charge on any atom is 0.341 e. The average Bonchev–Trinajstić information content (AvgIpc) is 3.15. The Hall–Kier alpha value is -3.05. The second kappa shape index (κ2) is 7.89. The number of esters is 1. The minimum Gasteiger partial charge on any atom is -0.503 e. The molecule has 1 aromatic heterocycles. The molecule has 0 spiro atoms. The summed E-state index contributed by atoms with van der Waals surface area (Å²) in [6.45, 7) is 0. The lowest BCUT2D eigenvalue weighted by Crippen LogP contribution is -2.05. The predicted octanol–water partition coefficient (Wildman–Crippen LogP) is 4.82. The number of aromatic nitrogens is 1. The van der Waals surface area contributed by atoms with Crippen LogP contribution in [0.5, 0.6) is 0 Å². The Kier molecular flexibility index (Phi) is 5.39. The second-order valence-electron chi connectivity index (χ2n) is 5.36. The van der Waals surface area contributed by atoms with Crippen molar-refractivity contribution in [1.82, 2.24) is 5.16 Å². The molecule has 0 amide bonds. The van der Waals surface area contributed by atoms with E-state index in [1.165, 1.54) is 20.5 Å². The van der Waals surface area contributed by atoms with Crippen molar-refractivity contribution in [2.24, 2.45) is 0 Å². The van der Waals surface area contributed by atoms with E-state index in [1.807, 2.05) is 36.4 Å². The van der Waals surface area contributed by atoms with Crippen molar-refractivity contribution in [3.63, 3.8) is 0 Å². The SMILES string of the molecule is CO/C=C(/C(=O)OC)c1ccccc1-c1cc(-c2ccccc2Cl)on1. The van der Waals surface area contributed by atoms with Gasteiger partial charge in [-0.3, -0.25) is 0 Å². The lowest BCUT2D eigenvalue weighted by Gasteiger charge is -2.09. The number of carbonyl (C=O) groups is 1. The van der Waals surface area contributed by atoms with Gasteiger partial charge in [-0.05, 0) is 12.1 Å². The minimum atomic E-state index is -0.505. The zero-order valence-electron chi connectivity index (χ0n) is 14.2. The van der Waals surface area contributed by atoms with E-state index >= 15 is 0 Å². The Balaban J connectivity index is 2.08. The van der Waals surface area contributed by atoms with Crippen LogP contribution in [-0.2, 0) is 14.3 Å². The summed E-state index contributed by atoms with van der Waals surface area (Å²) in [5.41, 5.74) is 2.93. The molecule has 5 nitrogen and oxygen atoms in total. The van der Waals surface area contributed by atoms with Crippen molar-refractivity contribution >= 4 is 23.1 Å². The van der Waals surface area contributed by atoms with Crippen LogP contribution in [0, 0.1) is 0 Å². The normalized spacial score (nSPS) is 11.3. The first kappa shape index (κ1) is 17.8. The highest BCUT2D eigenvalue weighted by molar-refractivity contribution is 6.33. The van der Waals surface area contributed by atoms with Gasteiger partial charge in [0.25, 0.3) is 0 Å². The first-order valence-electron chi connectivity index (χ1n) is 7.78. The second-order valence-corrected chi connectivity index (χ2v) is 5.77. The van der Waals surface area contributed by atoms with E-state index in [1.54, 1.807) is 18.2 Å². The topological polar surface area (TPSA) is 61.6 Å². The van der Waals surface area contributed by atoms with E-state index in [4.69, 9.17) is 25.6 Å². The first-order valence-corrected chi connectivity index (χ1v) is 8.16. The molecule has 1 heterocycles. The third-order valence-corrected chi connectivity index (χ3v) is 4.11. The molecule has 0 fully saturated rings. The van der Waals surface area contributed by atoms with E-state index in [0.717, 1.165) is 5.56 Å². The summed E-state index contributed by atoms with van der Waals surface area (Å²) in [7, 11) is 2.79. The summed E-state index contributed by atoms with van der Waals surface area (Å²) < 4.78 is 15.4. The smallest absolute Gasteiger partial charge is 0.341 e. The molecule has 6 heteroatoms. The standard InChI is InChI=1S/C20H16ClNO4/c1-24-12-16(20(23)25-2)13-7-3-4-8-14(13)18-11-19(26-22-18)15-9-5-6-10-17(15)21/h3-12H,1-2H3/b16-12+. The van der Waals surface area contributed by atoms with Crippen LogP contribution < -0.4 is 0 Å². The molecule has 26 heavy (non-hydrogen) atoms. The van der Waals surface area contributed by atoms with Gasteiger partial charge in [-0.25, -0.2) is 4.79 Å². The van der Waals surface area contributed by atoms with Gasteiger partial charge in [0.1, 0.15) is 11.3 Å². The van der Waals surface area contributed by atoms with Gasteiger partial charge in [0, 0.05) is 22.8 Å². The van der Waals surface area contributed by atoms with Crippen molar-refractivity contribution in [3.05, 3.63) is 71.4 Å². The highest BCUT2D eigenvalue weighted by Crippen LogP contribution is 2.34. The van der Waals surface area contributed by atoms with Gasteiger partial charge < -0.3 is 14.0 Å². The number of rotatable bonds is 5. The Morgan fingerprint density at radius 2 is 1.77 bits per heavy atom. The van der Waals surface area contributed by atoms with Crippen LogP contribution in [0.25, 0.3) is 28.2 Å². The fraction of sp³-hybridized carbons (Fsp3) is 0.100. The molecule has 2 aromatic carbocycles. The van der Waals surface area contributed by atoms with Crippen LogP contribution in [0.15, 0.2) is 65.4 Å². The number of nitrogens with zero attached hydrogens (tertiary/aromatic N) is 1. The molecule has 0 N–H and O–H groups in total. The molecular weight excluding hydrogens is 354 g/mol. The van der Waals surface area contributed by atoms with Crippen molar-refractivity contribution < 1.29 is 18.8 Å². The van der Waals surface area contributed by atoms with Crippen LogP contribution in [0.3, 0.4) is 0 Å². The molecule has 0 saturated carbocycles. The van der Waals surface area contributed by atoms with E-state index in [0.29, 0.717) is 27.6 Å². The Morgan fingerprint density at radius 1 is 1.08 bits per heavy atom. The average molecular weight is 370 g/mol. The van der Waals surface area contributed by atoms with E-state index < -0.39 is 5.97 Å². The van der Waals surface area contributed by atoms with Crippen LogP contribution in [0.2, 0.25) is 5.02 Å². The molecule has 0 aliphatic heterocycles. The monoisotopic (exact) mass is 369 g/mol. The van der Waals surface area contributed by atoms with Gasteiger partial charge in [0.05, 0.1) is 25.5 Å². The molecule has 3 rings (SSSR count). The molecule has 0 unspecified atom stereocenters. The fourth-order valence-electron chi connectivity index (χ4n) is 2.58. The van der Waals surface area contributed by atoms with Crippen LogP contribution >= 0.6 is 11.6 Å². The third kappa shape index (κ3) is 3.48. The van der Waals surface area contributed by atoms with E-state index in [9.17, 15) is 4.79 Å². The molecule has 0 bridgehead atoms. The Morgan fingerprint density at radius 3 is 2.46 bits per heavy atom. The third-order valence-electron chi connectivity index (χ3n) is 3.78. The van der Waals surface area contributed by atoms with Crippen molar-refractivity contribution in [3.8, 4) is 22.6 Å². The van der Waals surface area contributed by atoms with Gasteiger partial charge in [0.15, 0.2) is 5.76 Å². The lowest BCUT2D eigenvalue weighted by atomic mass is 9.98. The van der Waals surface area contributed by atoms with Gasteiger partial charge >= 0.3 is 5.97 Å². The summed E-state index contributed by atoms with van der Waals surface area (Å²) in [5, 5.41) is 4.71. The van der Waals surface area contributed by atoms with Crippen LogP contribution in [0.1, 0.15) is 5.56 Å². The summed E-state index contributed by atoms with van der Waals surface area (Å²) in [6, 6.07) is 16.4. The highest BCUT2D eigenvalue weighted by Gasteiger charge is 2.20. The van der Waals surface area contributed by atoms with Gasteiger partial charge in [-0.2, -0.15) is 0 Å². The van der Waals surface area contributed by atoms with Crippen LogP contribution in [-0.4, -0.2) is 25.3 Å². The number of methoxy groups -OCH3 is 2. The van der Waals surface area contributed by atoms with Crippen molar-refractivity contribution in [2.75, 3.05) is 14.2 Å². The van der Waals surface area contributed by atoms with E-state index in [2.05, 4.69) is 5.16 Å². The molecule has 0 radical (unpaired) electrons. The number of carbonyl (C=O) groups excluding carboxylic acids is 1. The van der Waals surface area contributed by atoms with Gasteiger partial charge in [-0.1, -0.05) is 53.2 Å². The number of halogens is 1. The largest absolute Gasteiger partial charge is 0.503 e. The molecule has 0 saturated heterocycles. The zero-order chi connectivity index (χ0) is 18.5. The van der Waals surface area contributed by atoms with Crippen LogP contribution in [0.4, 0.5) is 0 Å². The van der Waals surface area contributed by atoms with Crippen molar-refractivity contribution in [1.29, 1.82) is 0 Å². The number of hydrogen-bond donors (Lipinski definition) is 0. The predicted molar refractivity (Wildman–Crippen MR) is 99.4 cm³/mol. The summed E-state index contributed by atoms with van der Waals surface area (Å²) in [6.07, 6.45) is 1.35. The number of ether oxygens (including phenoxy) is 2. The first-order chi connectivity index (χ1) is 12.7. The van der Waals surface area contributed by atoms with Crippen molar-refractivity contribution in [2.45, 2.75) is 0 Å². The Labute approximate surface area is 155 Å². The fourth-order valence-corrected chi connectivity index (χ4v) is 2.81. The lowest BCUT2D eigenvalue weighted by molar-refractivity contribution is -0.133. The molecule has 0 aliphatic carbocycles. The summed E-state index contributed by atoms with van der Waals surface area (Å²) >= 11 is 6.22. The Bertz CT molecular complexity index is 962.